The summed E-state index contributed by atoms with van der Waals surface area (Å²) in [5.74, 6) is -0.368. The van der Waals surface area contributed by atoms with E-state index in [1.807, 2.05) is 6.20 Å². The van der Waals surface area contributed by atoms with Crippen molar-refractivity contribution in [2.45, 2.75) is 32.0 Å². The number of nitrogens with one attached hydrogen (secondary N) is 1. The van der Waals surface area contributed by atoms with Crippen LogP contribution in [0.25, 0.3) is 0 Å². The van der Waals surface area contributed by atoms with Crippen LogP contribution in [0.5, 0.6) is 0 Å². The Labute approximate surface area is 117 Å². The van der Waals surface area contributed by atoms with Gasteiger partial charge in [0.1, 0.15) is 5.82 Å². The summed E-state index contributed by atoms with van der Waals surface area (Å²) < 4.78 is 15.2. The third-order valence-electron chi connectivity index (χ3n) is 3.33. The van der Waals surface area contributed by atoms with E-state index in [0.717, 1.165) is 18.2 Å². The van der Waals surface area contributed by atoms with Gasteiger partial charge in [0.25, 0.3) is 0 Å². The molecule has 1 heterocycles. The molecule has 1 aliphatic rings. The quantitative estimate of drug-likeness (QED) is 0.885. The lowest BCUT2D eigenvalue weighted by Crippen LogP contribution is -2.14. The number of halogens is 2. The van der Waals surface area contributed by atoms with Gasteiger partial charge in [0.05, 0.1) is 5.02 Å². The van der Waals surface area contributed by atoms with E-state index < -0.39 is 0 Å². The molecule has 3 rings (SSSR count). The van der Waals surface area contributed by atoms with Gasteiger partial charge in [-0.1, -0.05) is 17.7 Å². The van der Waals surface area contributed by atoms with Crippen LogP contribution in [0.3, 0.4) is 0 Å². The van der Waals surface area contributed by atoms with Crippen LogP contribution in [0.4, 0.5) is 4.39 Å². The maximum atomic E-state index is 13.1. The summed E-state index contributed by atoms with van der Waals surface area (Å²) in [6, 6.07) is 7.69. The summed E-state index contributed by atoms with van der Waals surface area (Å²) in [5.41, 5.74) is 2.28. The van der Waals surface area contributed by atoms with Crippen LogP contribution >= 0.6 is 11.6 Å². The molecule has 0 saturated heterocycles. The smallest absolute Gasteiger partial charge is 0.141 e. The molecule has 1 aromatic carbocycles. The Bertz CT molecular complexity index is 575. The predicted molar refractivity (Wildman–Crippen MR) is 74.8 cm³/mol. The molecule has 1 saturated carbocycles. The minimum Gasteiger partial charge on any atom is -0.350 e. The van der Waals surface area contributed by atoms with Gasteiger partial charge < -0.3 is 9.88 Å². The highest BCUT2D eigenvalue weighted by Gasteiger charge is 2.19. The van der Waals surface area contributed by atoms with Gasteiger partial charge in [-0.2, -0.15) is 0 Å². The number of hydrogen-bond acceptors (Lipinski definition) is 1. The summed E-state index contributed by atoms with van der Waals surface area (Å²) >= 11 is 5.78. The maximum absolute atomic E-state index is 13.1. The molecule has 0 aliphatic heterocycles. The summed E-state index contributed by atoms with van der Waals surface area (Å²) in [5, 5.41) is 3.66. The number of hydrogen-bond donors (Lipinski definition) is 1. The molecule has 0 unspecified atom stereocenters. The Balaban J connectivity index is 1.63. The lowest BCUT2D eigenvalue weighted by atomic mass is 10.2. The summed E-state index contributed by atoms with van der Waals surface area (Å²) in [6.07, 6.45) is 6.76. The molecule has 1 fully saturated rings. The molecule has 2 aromatic rings. The number of nitrogens with zero attached hydrogens (tertiary/aromatic N) is 1. The highest BCUT2D eigenvalue weighted by atomic mass is 35.5. The Hall–Kier alpha value is -1.32. The van der Waals surface area contributed by atoms with Gasteiger partial charge in [0.15, 0.2) is 0 Å². The van der Waals surface area contributed by atoms with Crippen molar-refractivity contribution in [1.29, 1.82) is 0 Å². The molecule has 1 N–H and O–H groups in total. The lowest BCUT2D eigenvalue weighted by Gasteiger charge is -2.04. The fraction of sp³-hybridized carbons (Fsp3) is 0.333. The van der Waals surface area contributed by atoms with E-state index in [4.69, 9.17) is 11.6 Å². The summed E-state index contributed by atoms with van der Waals surface area (Å²) in [7, 11) is 0. The van der Waals surface area contributed by atoms with Gasteiger partial charge in [-0.3, -0.25) is 0 Å². The third-order valence-corrected chi connectivity index (χ3v) is 3.62. The van der Waals surface area contributed by atoms with E-state index >= 15 is 0 Å². The largest absolute Gasteiger partial charge is 0.350 e. The fourth-order valence-electron chi connectivity index (χ4n) is 2.09. The number of aromatic nitrogens is 1. The van der Waals surface area contributed by atoms with Crippen LogP contribution in [-0.4, -0.2) is 10.6 Å². The van der Waals surface area contributed by atoms with Crippen molar-refractivity contribution in [2.75, 3.05) is 0 Å². The van der Waals surface area contributed by atoms with E-state index in [0.29, 0.717) is 6.54 Å². The van der Waals surface area contributed by atoms with Crippen LogP contribution in [0.15, 0.2) is 36.7 Å². The number of rotatable bonds is 5. The van der Waals surface area contributed by atoms with E-state index in [9.17, 15) is 4.39 Å². The second kappa shape index (κ2) is 5.35. The van der Waals surface area contributed by atoms with Crippen molar-refractivity contribution in [2.24, 2.45) is 0 Å². The van der Waals surface area contributed by atoms with Crippen molar-refractivity contribution in [3.8, 4) is 0 Å². The Morgan fingerprint density at radius 3 is 2.84 bits per heavy atom. The van der Waals surface area contributed by atoms with Crippen LogP contribution in [0.1, 0.15) is 24.0 Å². The van der Waals surface area contributed by atoms with E-state index in [-0.39, 0.29) is 10.8 Å². The molecule has 0 radical (unpaired) electrons. The summed E-state index contributed by atoms with van der Waals surface area (Å²) in [4.78, 5) is 0. The first-order valence-corrected chi connectivity index (χ1v) is 6.90. The maximum Gasteiger partial charge on any atom is 0.141 e. The highest BCUT2D eigenvalue weighted by Crippen LogP contribution is 2.20. The Morgan fingerprint density at radius 1 is 1.26 bits per heavy atom. The first-order valence-electron chi connectivity index (χ1n) is 6.53. The molecule has 0 amide bonds. The van der Waals surface area contributed by atoms with E-state index in [1.165, 1.54) is 24.5 Å². The molecule has 1 aromatic heterocycles. The second-order valence-electron chi connectivity index (χ2n) is 5.10. The molecule has 1 aliphatic carbocycles. The average Bonchev–Trinajstić information content (AvgIpc) is 3.12. The van der Waals surface area contributed by atoms with Gasteiger partial charge in [-0.25, -0.2) is 4.39 Å². The van der Waals surface area contributed by atoms with Gasteiger partial charge >= 0.3 is 0 Å². The van der Waals surface area contributed by atoms with Crippen molar-refractivity contribution in [3.05, 3.63) is 58.6 Å². The van der Waals surface area contributed by atoms with E-state index in [1.54, 1.807) is 12.1 Å². The second-order valence-corrected chi connectivity index (χ2v) is 5.50. The zero-order chi connectivity index (χ0) is 13.2. The molecule has 19 heavy (non-hydrogen) atoms. The van der Waals surface area contributed by atoms with E-state index in [2.05, 4.69) is 22.1 Å². The monoisotopic (exact) mass is 278 g/mol. The minimum atomic E-state index is -0.368. The Kier molecular flexibility index (Phi) is 3.58. The molecule has 0 bridgehead atoms. The molecule has 100 valence electrons. The van der Waals surface area contributed by atoms with Gasteiger partial charge in [-0.15, -0.1) is 0 Å². The van der Waals surface area contributed by atoms with Crippen LogP contribution in [-0.2, 0) is 13.1 Å². The lowest BCUT2D eigenvalue weighted by molar-refractivity contribution is 0.626. The van der Waals surface area contributed by atoms with Gasteiger partial charge in [-0.05, 0) is 42.2 Å². The topological polar surface area (TPSA) is 17.0 Å². The third kappa shape index (κ3) is 3.37. The molecular formula is C15H16ClFN2. The SMILES string of the molecule is Fc1ccc(Cn2ccc(CNC3CC3)c2)cc1Cl. The summed E-state index contributed by atoms with van der Waals surface area (Å²) in [6.45, 7) is 1.63. The molecule has 4 heteroatoms. The van der Waals surface area contributed by atoms with Crippen LogP contribution < -0.4 is 5.32 Å². The molecular weight excluding hydrogens is 263 g/mol. The first-order chi connectivity index (χ1) is 9.20. The number of benzene rings is 1. The standard InChI is InChI=1S/C15H16ClFN2/c16-14-7-11(1-4-15(14)17)9-19-6-5-12(10-19)8-18-13-2-3-13/h1,4-7,10,13,18H,2-3,8-9H2. The average molecular weight is 279 g/mol. The van der Waals surface area contributed by atoms with Crippen molar-refractivity contribution in [1.82, 2.24) is 9.88 Å². The van der Waals surface area contributed by atoms with Crippen molar-refractivity contribution < 1.29 is 4.39 Å². The van der Waals surface area contributed by atoms with Gasteiger partial charge in [0, 0.05) is 31.5 Å². The predicted octanol–water partition coefficient (Wildman–Crippen LogP) is 3.58. The van der Waals surface area contributed by atoms with Crippen molar-refractivity contribution in [3.63, 3.8) is 0 Å². The molecule has 0 spiro atoms. The van der Waals surface area contributed by atoms with Crippen LogP contribution in [0, 0.1) is 5.82 Å². The highest BCUT2D eigenvalue weighted by molar-refractivity contribution is 6.30. The van der Waals surface area contributed by atoms with Crippen molar-refractivity contribution >= 4 is 11.6 Å². The first kappa shape index (κ1) is 12.7. The van der Waals surface area contributed by atoms with Crippen LogP contribution in [0.2, 0.25) is 5.02 Å². The fourth-order valence-corrected chi connectivity index (χ4v) is 2.30. The van der Waals surface area contributed by atoms with Gasteiger partial charge in [0.2, 0.25) is 0 Å². The molecule has 2 nitrogen and oxygen atoms in total. The zero-order valence-electron chi connectivity index (χ0n) is 10.6. The Morgan fingerprint density at radius 2 is 2.11 bits per heavy atom. The zero-order valence-corrected chi connectivity index (χ0v) is 11.3. The molecule has 0 atom stereocenters. The minimum absolute atomic E-state index is 0.181. The normalized spacial score (nSPS) is 14.8.